The maximum atomic E-state index is 12.9. The molecule has 0 aromatic rings. The summed E-state index contributed by atoms with van der Waals surface area (Å²) in [6.45, 7) is 6.51. The number of ether oxygens (including phenoxy) is 3. The number of unbranched alkanes of at least 4 members (excludes halogenated alkanes) is 33. The van der Waals surface area contributed by atoms with Crippen LogP contribution in [0.4, 0.5) is 0 Å². The molecule has 1 unspecified atom stereocenters. The van der Waals surface area contributed by atoms with E-state index < -0.39 is 6.10 Å². The number of rotatable bonds is 60. The Balaban J connectivity index is 4.28. The molecule has 0 fully saturated rings. The van der Waals surface area contributed by atoms with Crippen LogP contribution >= 0.6 is 0 Å². The first-order valence-corrected chi connectivity index (χ1v) is 33.2. The molecule has 0 radical (unpaired) electrons. The lowest BCUT2D eigenvalue weighted by Crippen LogP contribution is -2.30. The third kappa shape index (κ3) is 63.2. The standard InChI is InChI=1S/C72H124O6/c1-4-7-10-13-16-19-22-25-28-30-31-32-33-34-35-36-37-38-39-40-41-42-45-47-50-53-56-59-62-65-71(74)77-68-69(67-76-70(73)64-61-58-55-52-49-46-43-27-24-21-18-15-12-9-6-3)78-72(75)66-63-60-57-54-51-48-44-29-26-23-20-17-14-11-8-5-2/h7,10,16,18-19,21,25,27-29,31-32,34-35,43-44,69H,4-6,8-9,11-15,17,20,22-24,26,30,33,36-42,45-68H2,1-3H3/b10-7-,19-16-,21-18-,28-25-,32-31-,35-34-,43-27-,44-29-. The van der Waals surface area contributed by atoms with Crippen molar-refractivity contribution in [2.75, 3.05) is 13.2 Å². The zero-order chi connectivity index (χ0) is 56.4. The van der Waals surface area contributed by atoms with Gasteiger partial charge in [-0.15, -0.1) is 0 Å². The molecular weight excluding hydrogens is 961 g/mol. The fraction of sp³-hybridized carbons (Fsp3) is 0.736. The molecule has 78 heavy (non-hydrogen) atoms. The van der Waals surface area contributed by atoms with E-state index >= 15 is 0 Å². The third-order valence-corrected chi connectivity index (χ3v) is 14.3. The summed E-state index contributed by atoms with van der Waals surface area (Å²) in [7, 11) is 0. The number of carbonyl (C=O) groups excluding carboxylic acids is 3. The first-order valence-electron chi connectivity index (χ1n) is 33.2. The molecule has 0 N–H and O–H groups in total. The molecule has 0 heterocycles. The first kappa shape index (κ1) is 74.3. The minimum Gasteiger partial charge on any atom is -0.462 e. The zero-order valence-corrected chi connectivity index (χ0v) is 51.4. The molecule has 0 aromatic heterocycles. The van der Waals surface area contributed by atoms with Gasteiger partial charge in [0.15, 0.2) is 6.10 Å². The quantitative estimate of drug-likeness (QED) is 0.0261. The summed E-state index contributed by atoms with van der Waals surface area (Å²) in [5.74, 6) is -0.896. The van der Waals surface area contributed by atoms with Crippen LogP contribution in [-0.2, 0) is 28.6 Å². The smallest absolute Gasteiger partial charge is 0.306 e. The monoisotopic (exact) mass is 1080 g/mol. The van der Waals surface area contributed by atoms with Crippen molar-refractivity contribution in [1.29, 1.82) is 0 Å². The Morgan fingerprint density at radius 1 is 0.269 bits per heavy atom. The van der Waals surface area contributed by atoms with Crippen LogP contribution in [0.2, 0.25) is 0 Å². The van der Waals surface area contributed by atoms with Crippen molar-refractivity contribution >= 4 is 17.9 Å². The molecule has 6 heteroatoms. The van der Waals surface area contributed by atoms with Crippen LogP contribution < -0.4 is 0 Å². The lowest BCUT2D eigenvalue weighted by Gasteiger charge is -2.18. The molecule has 0 amide bonds. The van der Waals surface area contributed by atoms with Gasteiger partial charge in [0.1, 0.15) is 13.2 Å². The minimum absolute atomic E-state index is 0.0842. The minimum atomic E-state index is -0.789. The van der Waals surface area contributed by atoms with Crippen LogP contribution in [0.1, 0.15) is 323 Å². The van der Waals surface area contributed by atoms with Gasteiger partial charge < -0.3 is 14.2 Å². The number of hydrogen-bond donors (Lipinski definition) is 0. The normalized spacial score (nSPS) is 12.7. The van der Waals surface area contributed by atoms with Gasteiger partial charge in [-0.2, -0.15) is 0 Å². The topological polar surface area (TPSA) is 78.9 Å². The number of esters is 3. The van der Waals surface area contributed by atoms with Gasteiger partial charge in [0.25, 0.3) is 0 Å². The van der Waals surface area contributed by atoms with E-state index in [4.69, 9.17) is 14.2 Å². The van der Waals surface area contributed by atoms with Crippen molar-refractivity contribution in [2.45, 2.75) is 329 Å². The van der Waals surface area contributed by atoms with Gasteiger partial charge in [-0.3, -0.25) is 14.4 Å². The van der Waals surface area contributed by atoms with Crippen LogP contribution in [0.15, 0.2) is 97.2 Å². The number of hydrogen-bond acceptors (Lipinski definition) is 6. The molecular formula is C72H124O6. The Kier molecular flexibility index (Phi) is 62.7. The molecule has 0 aliphatic rings. The van der Waals surface area contributed by atoms with Gasteiger partial charge in [-0.1, -0.05) is 279 Å². The van der Waals surface area contributed by atoms with Crippen LogP contribution in [-0.4, -0.2) is 37.2 Å². The summed E-state index contributed by atoms with van der Waals surface area (Å²) in [6, 6.07) is 0. The molecule has 0 aliphatic heterocycles. The van der Waals surface area contributed by atoms with Crippen LogP contribution in [0.25, 0.3) is 0 Å². The van der Waals surface area contributed by atoms with E-state index in [1.54, 1.807) is 0 Å². The van der Waals surface area contributed by atoms with Crippen molar-refractivity contribution in [1.82, 2.24) is 0 Å². The van der Waals surface area contributed by atoms with E-state index in [0.29, 0.717) is 19.3 Å². The molecule has 448 valence electrons. The highest BCUT2D eigenvalue weighted by molar-refractivity contribution is 5.71. The fourth-order valence-corrected chi connectivity index (χ4v) is 9.32. The highest BCUT2D eigenvalue weighted by atomic mass is 16.6. The molecule has 6 nitrogen and oxygen atoms in total. The van der Waals surface area contributed by atoms with Crippen molar-refractivity contribution in [3.8, 4) is 0 Å². The van der Waals surface area contributed by atoms with E-state index in [0.717, 1.165) is 122 Å². The second kappa shape index (κ2) is 65.8. The molecule has 0 rings (SSSR count). The number of allylic oxidation sites excluding steroid dienone is 16. The van der Waals surface area contributed by atoms with Gasteiger partial charge in [-0.05, 0) is 122 Å². The Hall–Kier alpha value is -3.67. The molecule has 0 saturated heterocycles. The van der Waals surface area contributed by atoms with Gasteiger partial charge in [-0.25, -0.2) is 0 Å². The van der Waals surface area contributed by atoms with Crippen LogP contribution in [0, 0.1) is 0 Å². The summed E-state index contributed by atoms with van der Waals surface area (Å²) < 4.78 is 16.9. The molecule has 0 spiro atoms. The van der Waals surface area contributed by atoms with E-state index in [1.807, 2.05) is 0 Å². The molecule has 0 aromatic carbocycles. The van der Waals surface area contributed by atoms with E-state index in [-0.39, 0.29) is 31.1 Å². The second-order valence-electron chi connectivity index (χ2n) is 22.0. The van der Waals surface area contributed by atoms with Gasteiger partial charge in [0.2, 0.25) is 0 Å². The van der Waals surface area contributed by atoms with Gasteiger partial charge in [0.05, 0.1) is 0 Å². The van der Waals surface area contributed by atoms with E-state index in [2.05, 4.69) is 118 Å². The first-order chi connectivity index (χ1) is 38.5. The number of carbonyl (C=O) groups is 3. The SMILES string of the molecule is CC/C=C\C/C=C\C/C=C\C/C=C\C/C=C\CCCCCCCCCCCCCCCC(=O)OCC(COC(=O)CCCCCCC/C=C\C/C=C\CCCCC)OC(=O)CCCCCCC/C=C\CCCCCCCCC. The van der Waals surface area contributed by atoms with Crippen LogP contribution in [0.5, 0.6) is 0 Å². The molecule has 0 saturated carbocycles. The Morgan fingerprint density at radius 2 is 0.500 bits per heavy atom. The van der Waals surface area contributed by atoms with Gasteiger partial charge >= 0.3 is 17.9 Å². The Labute approximate surface area is 483 Å². The van der Waals surface area contributed by atoms with Crippen LogP contribution in [0.3, 0.4) is 0 Å². The second-order valence-corrected chi connectivity index (χ2v) is 22.0. The zero-order valence-electron chi connectivity index (χ0n) is 51.4. The maximum Gasteiger partial charge on any atom is 0.306 e. The summed E-state index contributed by atoms with van der Waals surface area (Å²) in [4.78, 5) is 38.3. The predicted octanol–water partition coefficient (Wildman–Crippen LogP) is 22.8. The lowest BCUT2D eigenvalue weighted by molar-refractivity contribution is -0.167. The lowest BCUT2D eigenvalue weighted by atomic mass is 10.0. The van der Waals surface area contributed by atoms with Gasteiger partial charge in [0, 0.05) is 19.3 Å². The average molecular weight is 1090 g/mol. The van der Waals surface area contributed by atoms with Crippen molar-refractivity contribution in [3.05, 3.63) is 97.2 Å². The highest BCUT2D eigenvalue weighted by Crippen LogP contribution is 2.16. The largest absolute Gasteiger partial charge is 0.462 e. The van der Waals surface area contributed by atoms with Crippen molar-refractivity contribution < 1.29 is 28.6 Å². The van der Waals surface area contributed by atoms with E-state index in [1.165, 1.54) is 161 Å². The third-order valence-electron chi connectivity index (χ3n) is 14.3. The molecule has 0 bridgehead atoms. The van der Waals surface area contributed by atoms with Crippen molar-refractivity contribution in [2.24, 2.45) is 0 Å². The fourth-order valence-electron chi connectivity index (χ4n) is 9.32. The Morgan fingerprint density at radius 3 is 0.821 bits per heavy atom. The summed E-state index contributed by atoms with van der Waals surface area (Å²) in [5, 5.41) is 0. The summed E-state index contributed by atoms with van der Waals surface area (Å²) in [6.07, 6.45) is 88.5. The maximum absolute atomic E-state index is 12.9. The predicted molar refractivity (Wildman–Crippen MR) is 339 cm³/mol. The summed E-state index contributed by atoms with van der Waals surface area (Å²) >= 11 is 0. The molecule has 1 atom stereocenters. The molecule has 0 aliphatic carbocycles. The Bertz CT molecular complexity index is 1530. The highest BCUT2D eigenvalue weighted by Gasteiger charge is 2.19. The van der Waals surface area contributed by atoms with Crippen molar-refractivity contribution in [3.63, 3.8) is 0 Å². The summed E-state index contributed by atoms with van der Waals surface area (Å²) in [5.41, 5.74) is 0. The van der Waals surface area contributed by atoms with E-state index in [9.17, 15) is 14.4 Å². The average Bonchev–Trinajstić information content (AvgIpc) is 3.44.